The molecule has 2 N–H and O–H groups in total. The van der Waals surface area contributed by atoms with E-state index < -0.39 is 42.1 Å². The van der Waals surface area contributed by atoms with Crippen LogP contribution in [0.25, 0.3) is 0 Å². The van der Waals surface area contributed by atoms with Gasteiger partial charge < -0.3 is 10.0 Å². The van der Waals surface area contributed by atoms with Gasteiger partial charge in [0.1, 0.15) is 0 Å². The minimum absolute atomic E-state index is 0.332. The molecule has 0 spiro atoms. The molecule has 1 aromatic rings. The fourth-order valence-electron chi connectivity index (χ4n) is 2.12. The Labute approximate surface area is 121 Å². The first-order valence-electron chi connectivity index (χ1n) is 6.99. The minimum atomic E-state index is -3.11. The van der Waals surface area contributed by atoms with E-state index in [-0.39, 0.29) is 6.42 Å². The highest BCUT2D eigenvalue weighted by Crippen LogP contribution is 2.28. The number of hydrogen-bond donors (Lipinski definition) is 2. The predicted molar refractivity (Wildman–Crippen MR) is 73.6 cm³/mol. The second kappa shape index (κ2) is 7.80. The Morgan fingerprint density at radius 3 is 2.29 bits per heavy atom. The highest BCUT2D eigenvalue weighted by atomic mass is 19.3. The van der Waals surface area contributed by atoms with Gasteiger partial charge in [0.05, 0.1) is 0 Å². The summed E-state index contributed by atoms with van der Waals surface area (Å²) in [5.41, 5.74) is -1.13. The summed E-state index contributed by atoms with van der Waals surface area (Å²) in [5.74, 6) is -6.06. The molecule has 0 aliphatic heterocycles. The Morgan fingerprint density at radius 2 is 1.71 bits per heavy atom. The summed E-state index contributed by atoms with van der Waals surface area (Å²) in [6, 6.07) is 1.87. The molecule has 0 bridgehead atoms. The van der Waals surface area contributed by atoms with E-state index in [2.05, 4.69) is 0 Å². The zero-order chi connectivity index (χ0) is 16.0. The van der Waals surface area contributed by atoms with Crippen molar-refractivity contribution in [1.82, 2.24) is 0 Å². The van der Waals surface area contributed by atoms with E-state index in [1.54, 1.807) is 0 Å². The van der Waals surface area contributed by atoms with E-state index in [4.69, 9.17) is 10.0 Å². The molecule has 0 saturated heterocycles. The van der Waals surface area contributed by atoms with E-state index in [9.17, 15) is 17.6 Å². The van der Waals surface area contributed by atoms with Crippen molar-refractivity contribution in [2.75, 3.05) is 0 Å². The monoisotopic (exact) mass is 306 g/mol. The summed E-state index contributed by atoms with van der Waals surface area (Å²) in [6.45, 7) is 1.97. The molecule has 7 heteroatoms. The average Bonchev–Trinajstić information content (AvgIpc) is 2.40. The second-order valence-corrected chi connectivity index (χ2v) is 5.16. The van der Waals surface area contributed by atoms with E-state index >= 15 is 0 Å². The van der Waals surface area contributed by atoms with Crippen LogP contribution in [0.3, 0.4) is 0 Å². The SMILES string of the molecule is CCCCCCC(F)(F)Cc1ccc(B(O)O)c(F)c1F. The largest absolute Gasteiger partial charge is 0.491 e. The van der Waals surface area contributed by atoms with Crippen LogP contribution in [0.2, 0.25) is 0 Å². The first-order valence-corrected chi connectivity index (χ1v) is 6.99. The number of hydrogen-bond acceptors (Lipinski definition) is 2. The molecule has 2 nitrogen and oxygen atoms in total. The molecule has 118 valence electrons. The molecule has 1 rings (SSSR count). The van der Waals surface area contributed by atoms with Crippen molar-refractivity contribution in [2.45, 2.75) is 51.4 Å². The molecule has 0 aliphatic rings. The maximum atomic E-state index is 13.7. The summed E-state index contributed by atoms with van der Waals surface area (Å²) in [6.07, 6.45) is 1.53. The summed E-state index contributed by atoms with van der Waals surface area (Å²) in [4.78, 5) is 0. The van der Waals surface area contributed by atoms with Gasteiger partial charge in [-0.1, -0.05) is 38.3 Å². The second-order valence-electron chi connectivity index (χ2n) is 5.16. The van der Waals surface area contributed by atoms with Gasteiger partial charge in [0.25, 0.3) is 5.92 Å². The summed E-state index contributed by atoms with van der Waals surface area (Å²) >= 11 is 0. The normalized spacial score (nSPS) is 11.8. The van der Waals surface area contributed by atoms with Crippen molar-refractivity contribution in [3.8, 4) is 0 Å². The van der Waals surface area contributed by atoms with Crippen molar-refractivity contribution >= 4 is 12.6 Å². The fraction of sp³-hybridized carbons (Fsp3) is 0.571. The lowest BCUT2D eigenvalue weighted by atomic mass is 9.79. The maximum absolute atomic E-state index is 13.7. The van der Waals surface area contributed by atoms with Gasteiger partial charge in [-0.05, 0) is 12.0 Å². The van der Waals surface area contributed by atoms with Crippen molar-refractivity contribution < 1.29 is 27.6 Å². The first-order chi connectivity index (χ1) is 9.78. The lowest BCUT2D eigenvalue weighted by Gasteiger charge is -2.17. The van der Waals surface area contributed by atoms with Gasteiger partial charge in [-0.15, -0.1) is 0 Å². The molecule has 1 aromatic carbocycles. The lowest BCUT2D eigenvalue weighted by molar-refractivity contribution is -0.0103. The Kier molecular flexibility index (Phi) is 6.67. The highest BCUT2D eigenvalue weighted by Gasteiger charge is 2.31. The van der Waals surface area contributed by atoms with Crippen LogP contribution in [0.15, 0.2) is 12.1 Å². The molecule has 0 amide bonds. The molecular formula is C14H19BF4O2. The van der Waals surface area contributed by atoms with Gasteiger partial charge in [0, 0.05) is 18.3 Å². The van der Waals surface area contributed by atoms with Crippen LogP contribution in [0, 0.1) is 11.6 Å². The van der Waals surface area contributed by atoms with Crippen LogP contribution in [0.4, 0.5) is 17.6 Å². The van der Waals surface area contributed by atoms with Gasteiger partial charge in [-0.25, -0.2) is 17.6 Å². The molecule has 0 aliphatic carbocycles. The number of benzene rings is 1. The third-order valence-electron chi connectivity index (χ3n) is 3.32. The van der Waals surface area contributed by atoms with Crippen LogP contribution < -0.4 is 5.46 Å². The smallest absolute Gasteiger partial charge is 0.423 e. The average molecular weight is 306 g/mol. The van der Waals surface area contributed by atoms with Gasteiger partial charge in [0.15, 0.2) is 11.6 Å². The summed E-state index contributed by atoms with van der Waals surface area (Å²) in [5, 5.41) is 17.6. The maximum Gasteiger partial charge on any atom is 0.491 e. The predicted octanol–water partition coefficient (Wildman–Crippen LogP) is 2.79. The molecule has 0 aromatic heterocycles. The Morgan fingerprint density at radius 1 is 1.05 bits per heavy atom. The zero-order valence-electron chi connectivity index (χ0n) is 11.9. The highest BCUT2D eigenvalue weighted by molar-refractivity contribution is 6.58. The minimum Gasteiger partial charge on any atom is -0.423 e. The van der Waals surface area contributed by atoms with E-state index in [0.29, 0.717) is 12.8 Å². The lowest BCUT2D eigenvalue weighted by Crippen LogP contribution is -2.34. The van der Waals surface area contributed by atoms with Crippen molar-refractivity contribution in [3.05, 3.63) is 29.3 Å². The van der Waals surface area contributed by atoms with Gasteiger partial charge in [-0.2, -0.15) is 0 Å². The fourth-order valence-corrected chi connectivity index (χ4v) is 2.12. The van der Waals surface area contributed by atoms with Gasteiger partial charge in [-0.3, -0.25) is 0 Å². The van der Waals surface area contributed by atoms with E-state index in [1.165, 1.54) is 0 Å². The number of alkyl halides is 2. The topological polar surface area (TPSA) is 40.5 Å². The van der Waals surface area contributed by atoms with Crippen molar-refractivity contribution in [2.24, 2.45) is 0 Å². The Bertz CT molecular complexity index is 467. The standard InChI is InChI=1S/C14H19BF4O2/c1-2-3-4-5-8-14(18,19)9-10-6-7-11(15(20)21)13(17)12(10)16/h6-7,20-21H,2-5,8-9H2,1H3. The molecule has 0 saturated carbocycles. The summed E-state index contributed by atoms with van der Waals surface area (Å²) in [7, 11) is -2.18. The molecule has 0 unspecified atom stereocenters. The zero-order valence-corrected chi connectivity index (χ0v) is 11.9. The number of halogens is 4. The third-order valence-corrected chi connectivity index (χ3v) is 3.32. The molecule has 0 radical (unpaired) electrons. The molecule has 21 heavy (non-hydrogen) atoms. The Hall–Kier alpha value is -1.08. The Balaban J connectivity index is 2.76. The quantitative estimate of drug-likeness (QED) is 0.440. The van der Waals surface area contributed by atoms with Crippen LogP contribution in [-0.2, 0) is 6.42 Å². The molecular weight excluding hydrogens is 287 g/mol. The first kappa shape index (κ1) is 18.0. The van der Waals surface area contributed by atoms with Gasteiger partial charge >= 0.3 is 7.12 Å². The van der Waals surface area contributed by atoms with Crippen LogP contribution in [0.5, 0.6) is 0 Å². The number of unbranched alkanes of at least 4 members (excludes halogenated alkanes) is 3. The van der Waals surface area contributed by atoms with E-state index in [0.717, 1.165) is 25.0 Å². The molecule has 0 heterocycles. The van der Waals surface area contributed by atoms with E-state index in [1.807, 2.05) is 6.92 Å². The number of rotatable bonds is 8. The third kappa shape index (κ3) is 5.32. The summed E-state index contributed by atoms with van der Waals surface area (Å²) < 4.78 is 54.6. The molecule has 0 fully saturated rings. The molecule has 0 atom stereocenters. The van der Waals surface area contributed by atoms with Gasteiger partial charge in [0.2, 0.25) is 0 Å². The van der Waals surface area contributed by atoms with Crippen LogP contribution in [-0.4, -0.2) is 23.1 Å². The van der Waals surface area contributed by atoms with Crippen LogP contribution >= 0.6 is 0 Å². The van der Waals surface area contributed by atoms with Crippen molar-refractivity contribution in [3.63, 3.8) is 0 Å². The van der Waals surface area contributed by atoms with Crippen molar-refractivity contribution in [1.29, 1.82) is 0 Å². The van der Waals surface area contributed by atoms with Crippen LogP contribution in [0.1, 0.15) is 44.6 Å².